The van der Waals surface area contributed by atoms with E-state index in [2.05, 4.69) is 66.1 Å². The smallest absolute Gasteiger partial charge is 0.0348 e. The number of fused-ring (bicyclic) bond motifs is 1. The minimum Gasteiger partial charge on any atom is -0.144 e. The first-order valence-corrected chi connectivity index (χ1v) is 6.51. The SMILES string of the molecule is C(=Cc1cccc2sccc12)c1ccccc1. The van der Waals surface area contributed by atoms with Gasteiger partial charge in [-0.2, -0.15) is 0 Å². The van der Waals surface area contributed by atoms with Gasteiger partial charge in [0.1, 0.15) is 0 Å². The summed E-state index contributed by atoms with van der Waals surface area (Å²) < 4.78 is 1.35. The molecule has 0 saturated heterocycles. The van der Waals surface area contributed by atoms with Crippen LogP contribution in [0.15, 0.2) is 60.0 Å². The molecule has 17 heavy (non-hydrogen) atoms. The number of thiophene rings is 1. The Labute approximate surface area is 105 Å². The lowest BCUT2D eigenvalue weighted by Crippen LogP contribution is -1.73. The average Bonchev–Trinajstić information content (AvgIpc) is 2.86. The summed E-state index contributed by atoms with van der Waals surface area (Å²) in [5, 5.41) is 3.48. The van der Waals surface area contributed by atoms with Crippen LogP contribution in [-0.2, 0) is 0 Å². The van der Waals surface area contributed by atoms with E-state index in [-0.39, 0.29) is 0 Å². The van der Waals surface area contributed by atoms with Crippen molar-refractivity contribution in [2.24, 2.45) is 0 Å². The molecule has 0 amide bonds. The topological polar surface area (TPSA) is 0 Å². The maximum atomic E-state index is 2.19. The molecule has 82 valence electrons. The molecule has 2 aromatic carbocycles. The first-order chi connectivity index (χ1) is 8.43. The molecule has 0 atom stereocenters. The van der Waals surface area contributed by atoms with Gasteiger partial charge in [0.15, 0.2) is 0 Å². The van der Waals surface area contributed by atoms with Crippen molar-refractivity contribution in [3.8, 4) is 0 Å². The summed E-state index contributed by atoms with van der Waals surface area (Å²) in [5.74, 6) is 0. The molecule has 1 aromatic heterocycles. The van der Waals surface area contributed by atoms with Crippen LogP contribution in [0.5, 0.6) is 0 Å². The highest BCUT2D eigenvalue weighted by Crippen LogP contribution is 2.25. The van der Waals surface area contributed by atoms with Gasteiger partial charge in [0, 0.05) is 4.70 Å². The Morgan fingerprint density at radius 2 is 1.65 bits per heavy atom. The maximum absolute atomic E-state index is 2.19. The quantitative estimate of drug-likeness (QED) is 0.545. The van der Waals surface area contributed by atoms with Crippen LogP contribution in [0.1, 0.15) is 11.1 Å². The monoisotopic (exact) mass is 236 g/mol. The van der Waals surface area contributed by atoms with Crippen molar-refractivity contribution in [2.75, 3.05) is 0 Å². The second kappa shape index (κ2) is 4.56. The summed E-state index contributed by atoms with van der Waals surface area (Å²) in [4.78, 5) is 0. The molecule has 0 radical (unpaired) electrons. The van der Waals surface area contributed by atoms with Crippen molar-refractivity contribution < 1.29 is 0 Å². The van der Waals surface area contributed by atoms with E-state index in [4.69, 9.17) is 0 Å². The van der Waals surface area contributed by atoms with Crippen LogP contribution in [0.4, 0.5) is 0 Å². The Bertz CT molecular complexity index is 647. The lowest BCUT2D eigenvalue weighted by Gasteiger charge is -1.96. The highest BCUT2D eigenvalue weighted by molar-refractivity contribution is 7.17. The molecule has 0 aliphatic rings. The molecule has 1 heteroatoms. The van der Waals surface area contributed by atoms with E-state index in [0.717, 1.165) is 0 Å². The average molecular weight is 236 g/mol. The fourth-order valence-corrected chi connectivity index (χ4v) is 2.73. The predicted molar refractivity (Wildman–Crippen MR) is 77.2 cm³/mol. The molecule has 3 aromatic rings. The Morgan fingerprint density at radius 3 is 2.53 bits per heavy atom. The van der Waals surface area contributed by atoms with Gasteiger partial charge in [-0.25, -0.2) is 0 Å². The Kier molecular flexibility index (Phi) is 2.76. The van der Waals surface area contributed by atoms with Gasteiger partial charge in [-0.15, -0.1) is 11.3 Å². The van der Waals surface area contributed by atoms with Gasteiger partial charge >= 0.3 is 0 Å². The van der Waals surface area contributed by atoms with Gasteiger partial charge in [-0.3, -0.25) is 0 Å². The summed E-state index contributed by atoms with van der Waals surface area (Å²) in [6.45, 7) is 0. The molecule has 0 saturated carbocycles. The highest BCUT2D eigenvalue weighted by atomic mass is 32.1. The molecule has 0 N–H and O–H groups in total. The maximum Gasteiger partial charge on any atom is 0.0348 e. The fraction of sp³-hybridized carbons (Fsp3) is 0. The first-order valence-electron chi connectivity index (χ1n) is 5.63. The van der Waals surface area contributed by atoms with Crippen LogP contribution >= 0.6 is 11.3 Å². The molecular formula is C16H12S. The van der Waals surface area contributed by atoms with Crippen molar-refractivity contribution in [3.05, 3.63) is 71.1 Å². The summed E-state index contributed by atoms with van der Waals surface area (Å²) in [6, 6.07) is 19.0. The van der Waals surface area contributed by atoms with Crippen molar-refractivity contribution in [1.82, 2.24) is 0 Å². The molecule has 0 spiro atoms. The van der Waals surface area contributed by atoms with E-state index in [1.54, 1.807) is 11.3 Å². The molecule has 0 fully saturated rings. The van der Waals surface area contributed by atoms with Crippen LogP contribution in [0, 0.1) is 0 Å². The third-order valence-electron chi connectivity index (χ3n) is 2.78. The lowest BCUT2D eigenvalue weighted by atomic mass is 10.1. The molecule has 0 bridgehead atoms. The molecule has 0 nitrogen and oxygen atoms in total. The van der Waals surface area contributed by atoms with Crippen LogP contribution < -0.4 is 0 Å². The van der Waals surface area contributed by atoms with Crippen molar-refractivity contribution in [3.63, 3.8) is 0 Å². The van der Waals surface area contributed by atoms with Gasteiger partial charge in [0.25, 0.3) is 0 Å². The standard InChI is InChI=1S/C16H12S/c1-2-5-13(6-3-1)9-10-14-7-4-8-16-15(14)11-12-17-16/h1-12H. The number of hydrogen-bond donors (Lipinski definition) is 0. The molecule has 0 aliphatic carbocycles. The molecular weight excluding hydrogens is 224 g/mol. The van der Waals surface area contributed by atoms with Crippen LogP contribution in [0.2, 0.25) is 0 Å². The van der Waals surface area contributed by atoms with Crippen molar-refractivity contribution >= 4 is 33.6 Å². The molecule has 0 aliphatic heterocycles. The zero-order chi connectivity index (χ0) is 11.5. The summed E-state index contributed by atoms with van der Waals surface area (Å²) in [5.41, 5.74) is 2.52. The fourth-order valence-electron chi connectivity index (χ4n) is 1.91. The second-order valence-corrected chi connectivity index (χ2v) is 4.87. The Morgan fingerprint density at radius 1 is 0.765 bits per heavy atom. The first kappa shape index (κ1) is 10.3. The van der Waals surface area contributed by atoms with Crippen LogP contribution in [0.3, 0.4) is 0 Å². The summed E-state index contributed by atoms with van der Waals surface area (Å²) in [6.07, 6.45) is 4.34. The third-order valence-corrected chi connectivity index (χ3v) is 3.67. The van der Waals surface area contributed by atoms with Gasteiger partial charge < -0.3 is 0 Å². The van der Waals surface area contributed by atoms with E-state index >= 15 is 0 Å². The molecule has 1 heterocycles. The molecule has 3 rings (SSSR count). The third kappa shape index (κ3) is 2.15. The number of benzene rings is 2. The Hall–Kier alpha value is -1.86. The van der Waals surface area contributed by atoms with E-state index in [0.29, 0.717) is 0 Å². The largest absolute Gasteiger partial charge is 0.144 e. The van der Waals surface area contributed by atoms with Crippen LogP contribution in [-0.4, -0.2) is 0 Å². The summed E-state index contributed by atoms with van der Waals surface area (Å²) >= 11 is 1.79. The minimum absolute atomic E-state index is 1.24. The highest BCUT2D eigenvalue weighted by Gasteiger charge is 1.97. The lowest BCUT2D eigenvalue weighted by molar-refractivity contribution is 1.66. The number of hydrogen-bond acceptors (Lipinski definition) is 1. The van der Waals surface area contributed by atoms with Crippen molar-refractivity contribution in [2.45, 2.75) is 0 Å². The Balaban J connectivity index is 2.00. The van der Waals surface area contributed by atoms with E-state index in [1.165, 1.54) is 21.2 Å². The van der Waals surface area contributed by atoms with Crippen molar-refractivity contribution in [1.29, 1.82) is 0 Å². The van der Waals surface area contributed by atoms with Gasteiger partial charge in [-0.1, -0.05) is 54.6 Å². The van der Waals surface area contributed by atoms with Gasteiger partial charge in [-0.05, 0) is 34.0 Å². The van der Waals surface area contributed by atoms with Gasteiger partial charge in [0.05, 0.1) is 0 Å². The minimum atomic E-state index is 1.24. The predicted octanol–water partition coefficient (Wildman–Crippen LogP) is 5.07. The zero-order valence-corrected chi connectivity index (χ0v) is 10.2. The van der Waals surface area contributed by atoms with E-state index in [9.17, 15) is 0 Å². The number of rotatable bonds is 2. The normalized spacial score (nSPS) is 11.3. The molecule has 0 unspecified atom stereocenters. The second-order valence-electron chi connectivity index (χ2n) is 3.92. The zero-order valence-electron chi connectivity index (χ0n) is 9.34. The van der Waals surface area contributed by atoms with E-state index < -0.39 is 0 Å². The van der Waals surface area contributed by atoms with Crippen LogP contribution in [0.25, 0.3) is 22.2 Å². The van der Waals surface area contributed by atoms with Gasteiger partial charge in [0.2, 0.25) is 0 Å². The van der Waals surface area contributed by atoms with E-state index in [1.807, 2.05) is 6.07 Å². The summed E-state index contributed by atoms with van der Waals surface area (Å²) in [7, 11) is 0.